The molecule has 1 heterocycles. The van der Waals surface area contributed by atoms with Gasteiger partial charge in [-0.2, -0.15) is 0 Å². The second kappa shape index (κ2) is 4.64. The van der Waals surface area contributed by atoms with Crippen molar-refractivity contribution in [3.05, 3.63) is 30.3 Å². The molecule has 1 aliphatic carbocycles. The fourth-order valence-corrected chi connectivity index (χ4v) is 4.90. The van der Waals surface area contributed by atoms with E-state index in [2.05, 4.69) is 10.9 Å². The van der Waals surface area contributed by atoms with Crippen molar-refractivity contribution in [1.29, 1.82) is 0 Å². The largest absolute Gasteiger partial charge is 0.253 e. The van der Waals surface area contributed by atoms with Gasteiger partial charge < -0.3 is 0 Å². The maximum Gasteiger partial charge on any atom is 0.195 e. The number of rotatable bonds is 2. The summed E-state index contributed by atoms with van der Waals surface area (Å²) in [7, 11) is -3.28. The molecule has 2 fully saturated rings. The van der Waals surface area contributed by atoms with Crippen LogP contribution in [0.15, 0.2) is 35.2 Å². The Kier molecular flexibility index (Phi) is 3.13. The van der Waals surface area contributed by atoms with E-state index in [0.717, 1.165) is 19.3 Å². The molecule has 1 aromatic rings. The Hall–Kier alpha value is -0.910. The summed E-state index contributed by atoms with van der Waals surface area (Å²) < 4.78 is 25.2. The second-order valence-electron chi connectivity index (χ2n) is 5.12. The fourth-order valence-electron chi connectivity index (χ4n) is 3.06. The first-order chi connectivity index (χ1) is 8.69. The monoisotopic (exact) mass is 266 g/mol. The van der Waals surface area contributed by atoms with Crippen LogP contribution in [0.4, 0.5) is 0 Å². The van der Waals surface area contributed by atoms with Gasteiger partial charge >= 0.3 is 0 Å². The summed E-state index contributed by atoms with van der Waals surface area (Å²) in [6, 6.07) is 9.03. The Balaban J connectivity index is 1.91. The van der Waals surface area contributed by atoms with Crippen LogP contribution >= 0.6 is 0 Å². The minimum atomic E-state index is -3.28. The summed E-state index contributed by atoms with van der Waals surface area (Å²) in [6.45, 7) is 0. The van der Waals surface area contributed by atoms with Crippen LogP contribution in [0.1, 0.15) is 25.7 Å². The highest BCUT2D eigenvalue weighted by atomic mass is 32.2. The van der Waals surface area contributed by atoms with Crippen LogP contribution in [0.3, 0.4) is 0 Å². The van der Waals surface area contributed by atoms with Crippen LogP contribution in [-0.2, 0) is 9.84 Å². The zero-order valence-corrected chi connectivity index (χ0v) is 11.0. The maximum atomic E-state index is 12.6. The Morgan fingerprint density at radius 2 is 1.72 bits per heavy atom. The number of sulfone groups is 1. The normalized spacial score (nSPS) is 32.1. The molecule has 1 saturated carbocycles. The highest BCUT2D eigenvalue weighted by Gasteiger charge is 2.44. The van der Waals surface area contributed by atoms with E-state index in [-0.39, 0.29) is 5.92 Å². The van der Waals surface area contributed by atoms with E-state index in [1.165, 1.54) is 6.42 Å². The quantitative estimate of drug-likeness (QED) is 0.850. The maximum absolute atomic E-state index is 12.6. The average molecular weight is 266 g/mol. The van der Waals surface area contributed by atoms with Gasteiger partial charge in [-0.15, -0.1) is 0 Å². The lowest BCUT2D eigenvalue weighted by Gasteiger charge is -2.26. The number of nitrogens with one attached hydrogen (secondary N) is 2. The van der Waals surface area contributed by atoms with Crippen LogP contribution in [0.5, 0.6) is 0 Å². The van der Waals surface area contributed by atoms with Crippen molar-refractivity contribution < 1.29 is 8.42 Å². The molecular formula is C13H18N2O2S. The van der Waals surface area contributed by atoms with Crippen molar-refractivity contribution in [3.8, 4) is 0 Å². The molecule has 4 nitrogen and oxygen atoms in total. The number of hydrogen-bond acceptors (Lipinski definition) is 4. The van der Waals surface area contributed by atoms with Crippen molar-refractivity contribution in [2.75, 3.05) is 0 Å². The summed E-state index contributed by atoms with van der Waals surface area (Å²) in [5, 5.41) is -0.481. The third-order valence-electron chi connectivity index (χ3n) is 4.03. The molecule has 3 rings (SSSR count). The Morgan fingerprint density at radius 1 is 1.00 bits per heavy atom. The van der Waals surface area contributed by atoms with Crippen LogP contribution in [-0.4, -0.2) is 19.8 Å². The summed E-state index contributed by atoms with van der Waals surface area (Å²) in [4.78, 5) is 0.413. The second-order valence-corrected chi connectivity index (χ2v) is 7.19. The summed E-state index contributed by atoms with van der Waals surface area (Å²) in [5.74, 6) is 0.198. The van der Waals surface area contributed by atoms with Crippen LogP contribution in [0, 0.1) is 5.92 Å². The summed E-state index contributed by atoms with van der Waals surface area (Å²) in [5.41, 5.74) is 6.15. The van der Waals surface area contributed by atoms with Gasteiger partial charge in [0.1, 0.15) is 5.37 Å². The molecule has 0 amide bonds. The van der Waals surface area contributed by atoms with E-state index in [4.69, 9.17) is 0 Å². The lowest BCUT2D eigenvalue weighted by molar-refractivity contribution is 0.325. The highest BCUT2D eigenvalue weighted by molar-refractivity contribution is 7.92. The molecule has 2 N–H and O–H groups in total. The molecule has 0 spiro atoms. The highest BCUT2D eigenvalue weighted by Crippen LogP contribution is 2.34. The first-order valence-electron chi connectivity index (χ1n) is 6.49. The number of hydrazine groups is 1. The lowest BCUT2D eigenvalue weighted by Crippen LogP contribution is -2.38. The Labute approximate surface area is 108 Å². The molecular weight excluding hydrogens is 248 g/mol. The van der Waals surface area contributed by atoms with Gasteiger partial charge in [-0.3, -0.25) is 5.43 Å². The molecule has 0 aromatic heterocycles. The van der Waals surface area contributed by atoms with Gasteiger partial charge in [0, 0.05) is 12.0 Å². The SMILES string of the molecule is O=S(=O)(c1ccccc1)C1NNC2CCCCC21. The molecule has 0 radical (unpaired) electrons. The van der Waals surface area contributed by atoms with Crippen molar-refractivity contribution in [2.24, 2.45) is 5.92 Å². The topological polar surface area (TPSA) is 58.2 Å². The third kappa shape index (κ3) is 1.96. The predicted molar refractivity (Wildman–Crippen MR) is 69.4 cm³/mol. The van der Waals surface area contributed by atoms with E-state index >= 15 is 0 Å². The van der Waals surface area contributed by atoms with Crippen LogP contribution in [0.2, 0.25) is 0 Å². The van der Waals surface area contributed by atoms with Gasteiger partial charge in [0.05, 0.1) is 4.90 Å². The molecule has 1 saturated heterocycles. The smallest absolute Gasteiger partial charge is 0.195 e. The van der Waals surface area contributed by atoms with Crippen LogP contribution < -0.4 is 10.9 Å². The van der Waals surface area contributed by atoms with Gasteiger partial charge in [0.15, 0.2) is 9.84 Å². The van der Waals surface area contributed by atoms with Crippen LogP contribution in [0.25, 0.3) is 0 Å². The fraction of sp³-hybridized carbons (Fsp3) is 0.538. The summed E-state index contributed by atoms with van der Waals surface area (Å²) in [6.07, 6.45) is 4.37. The third-order valence-corrected chi connectivity index (χ3v) is 6.09. The molecule has 3 unspecified atom stereocenters. The minimum Gasteiger partial charge on any atom is -0.253 e. The van der Waals surface area contributed by atoms with E-state index in [1.54, 1.807) is 24.3 Å². The van der Waals surface area contributed by atoms with Gasteiger partial charge in [-0.05, 0) is 25.0 Å². The number of fused-ring (bicyclic) bond motifs is 1. The van der Waals surface area contributed by atoms with Gasteiger partial charge in [-0.25, -0.2) is 13.8 Å². The Morgan fingerprint density at radius 3 is 2.50 bits per heavy atom. The molecule has 1 aromatic carbocycles. The molecule has 5 heteroatoms. The standard InChI is InChI=1S/C13H18N2O2S/c16-18(17,10-6-2-1-3-7-10)13-11-8-4-5-9-12(11)14-15-13/h1-3,6-7,11-15H,4-5,8-9H2. The molecule has 1 aliphatic heterocycles. The molecule has 0 bridgehead atoms. The van der Waals surface area contributed by atoms with Crippen molar-refractivity contribution >= 4 is 9.84 Å². The first-order valence-corrected chi connectivity index (χ1v) is 8.04. The molecule has 3 atom stereocenters. The van der Waals surface area contributed by atoms with Gasteiger partial charge in [0.25, 0.3) is 0 Å². The first kappa shape index (κ1) is 12.1. The zero-order valence-electron chi connectivity index (χ0n) is 10.2. The van der Waals surface area contributed by atoms with E-state index in [9.17, 15) is 8.42 Å². The summed E-state index contributed by atoms with van der Waals surface area (Å²) >= 11 is 0. The number of hydrogen-bond donors (Lipinski definition) is 2. The zero-order chi connectivity index (χ0) is 12.6. The Bertz CT molecular complexity index is 515. The van der Waals surface area contributed by atoms with E-state index < -0.39 is 15.2 Å². The molecule has 18 heavy (non-hydrogen) atoms. The average Bonchev–Trinajstić information content (AvgIpc) is 2.84. The number of benzene rings is 1. The minimum absolute atomic E-state index is 0.198. The van der Waals surface area contributed by atoms with Crippen molar-refractivity contribution in [1.82, 2.24) is 10.9 Å². The van der Waals surface area contributed by atoms with Gasteiger partial charge in [-0.1, -0.05) is 31.0 Å². The van der Waals surface area contributed by atoms with E-state index in [1.807, 2.05) is 6.07 Å². The lowest BCUT2D eigenvalue weighted by atomic mass is 9.86. The molecule has 98 valence electrons. The van der Waals surface area contributed by atoms with Crippen molar-refractivity contribution in [2.45, 2.75) is 42.0 Å². The van der Waals surface area contributed by atoms with Crippen molar-refractivity contribution in [3.63, 3.8) is 0 Å². The van der Waals surface area contributed by atoms with Gasteiger partial charge in [0.2, 0.25) is 0 Å². The van der Waals surface area contributed by atoms with E-state index in [0.29, 0.717) is 10.9 Å². The predicted octanol–water partition coefficient (Wildman–Crippen LogP) is 1.45. The molecule has 2 aliphatic rings.